The maximum atomic E-state index is 13.6. The number of nitriles is 2. The first-order valence-electron chi connectivity index (χ1n) is 14.6. The van der Waals surface area contributed by atoms with Crippen molar-refractivity contribution < 1.29 is 88.5 Å². The summed E-state index contributed by atoms with van der Waals surface area (Å²) in [6.07, 6.45) is -33.3. The van der Waals surface area contributed by atoms with Crippen LogP contribution in [0.3, 0.4) is 0 Å². The minimum absolute atomic E-state index is 0.0375. The van der Waals surface area contributed by atoms with Crippen LogP contribution in [0.4, 0.5) is 79.0 Å². The molecule has 22 heteroatoms. The number of nitrogens with zero attached hydrogens (tertiary/aromatic N) is 2. The van der Waals surface area contributed by atoms with Gasteiger partial charge in [-0.1, -0.05) is 24.3 Å². The molecule has 0 aromatic heterocycles. The van der Waals surface area contributed by atoms with Crippen LogP contribution in [0, 0.1) is 28.6 Å². The highest BCUT2D eigenvalue weighted by Crippen LogP contribution is 2.47. The van der Waals surface area contributed by atoms with Crippen molar-refractivity contribution in [3.05, 3.63) is 106 Å². The zero-order valence-electron chi connectivity index (χ0n) is 26.6. The third-order valence-corrected chi connectivity index (χ3v) is 7.59. The van der Waals surface area contributed by atoms with Gasteiger partial charge in [0.25, 0.3) is 0 Å². The molecular weight excluding hydrogens is 810 g/mol. The Bertz CT molecular complexity index is 1960. The number of benzene rings is 4. The minimum Gasteiger partial charge on any atom is -0.405 e. The van der Waals surface area contributed by atoms with Crippen LogP contribution in [-0.2, 0) is 24.7 Å². The molecule has 0 saturated carbocycles. The third kappa shape index (κ3) is 10.3. The van der Waals surface area contributed by atoms with E-state index in [1.54, 1.807) is 0 Å². The Morgan fingerprint density at radius 3 is 0.929 bits per heavy atom. The molecule has 0 amide bonds. The number of rotatable bonds is 7. The summed E-state index contributed by atoms with van der Waals surface area (Å²) >= 11 is 0. The van der Waals surface area contributed by atoms with Crippen LogP contribution in [0.2, 0.25) is 0 Å². The van der Waals surface area contributed by atoms with Crippen molar-refractivity contribution in [3.63, 3.8) is 0 Å². The van der Waals surface area contributed by atoms with Crippen LogP contribution in [0.5, 0.6) is 11.5 Å². The average molecular weight is 824 g/mol. The Hall–Kier alpha value is -5.80. The Balaban J connectivity index is 2.03. The second-order valence-corrected chi connectivity index (χ2v) is 11.4. The second kappa shape index (κ2) is 14.7. The van der Waals surface area contributed by atoms with E-state index in [-0.39, 0.29) is 36.4 Å². The SMILES string of the molecule is N#CC(C#N)C(c1ccc(-c2cc(C(F)(F)F)cc(C(F)(F)F)c2)c(OC(F)(F)F)c1)c1ccc(-c2cc(C(F)(F)F)cc(C(F)(F)F)c2)c(OC(F)(F)F)c1. The highest BCUT2D eigenvalue weighted by atomic mass is 19.4. The lowest BCUT2D eigenvalue weighted by Gasteiger charge is -2.24. The molecule has 4 nitrogen and oxygen atoms in total. The van der Waals surface area contributed by atoms with Gasteiger partial charge in [-0.2, -0.15) is 63.2 Å². The lowest BCUT2D eigenvalue weighted by Crippen LogP contribution is -2.19. The van der Waals surface area contributed by atoms with Crippen LogP contribution in [-0.4, -0.2) is 12.7 Å². The minimum atomic E-state index is -5.73. The Morgan fingerprint density at radius 1 is 0.411 bits per heavy atom. The molecule has 0 aliphatic heterocycles. The lowest BCUT2D eigenvalue weighted by molar-refractivity contribution is -0.275. The van der Waals surface area contributed by atoms with Gasteiger partial charge in [0, 0.05) is 17.0 Å². The molecule has 0 aliphatic carbocycles. The van der Waals surface area contributed by atoms with E-state index in [9.17, 15) is 89.6 Å². The monoisotopic (exact) mass is 824 g/mol. The first kappa shape index (κ1) is 42.9. The van der Waals surface area contributed by atoms with Crippen LogP contribution in [0.25, 0.3) is 22.3 Å². The van der Waals surface area contributed by atoms with E-state index in [1.807, 2.05) is 0 Å². The molecule has 56 heavy (non-hydrogen) atoms. The van der Waals surface area contributed by atoms with Gasteiger partial charge in [-0.05, 0) is 70.8 Å². The largest absolute Gasteiger partial charge is 0.573 e. The average Bonchev–Trinajstić information content (AvgIpc) is 3.03. The maximum Gasteiger partial charge on any atom is 0.573 e. The molecule has 4 rings (SSSR count). The Labute approximate surface area is 300 Å². The molecule has 0 fully saturated rings. The van der Waals surface area contributed by atoms with E-state index in [2.05, 4.69) is 9.47 Å². The predicted octanol–water partition coefficient (Wildman–Crippen LogP) is 12.7. The number of hydrogen-bond donors (Lipinski definition) is 0. The van der Waals surface area contributed by atoms with Gasteiger partial charge < -0.3 is 9.47 Å². The van der Waals surface area contributed by atoms with Gasteiger partial charge in [0.05, 0.1) is 34.4 Å². The quantitative estimate of drug-likeness (QED) is 0.174. The van der Waals surface area contributed by atoms with Crippen molar-refractivity contribution >= 4 is 0 Å². The number of halogens is 18. The first-order valence-corrected chi connectivity index (χ1v) is 14.6. The number of alkyl halides is 18. The summed E-state index contributed by atoms with van der Waals surface area (Å²) in [5.41, 5.74) is -13.7. The molecule has 0 bridgehead atoms. The summed E-state index contributed by atoms with van der Waals surface area (Å²) < 4.78 is 252. The third-order valence-electron chi connectivity index (χ3n) is 7.59. The zero-order valence-corrected chi connectivity index (χ0v) is 26.6. The summed E-state index contributed by atoms with van der Waals surface area (Å²) in [6.45, 7) is 0. The molecule has 4 aromatic rings. The molecule has 0 heterocycles. The summed E-state index contributed by atoms with van der Waals surface area (Å²) in [5.74, 6) is -7.19. The van der Waals surface area contributed by atoms with E-state index >= 15 is 0 Å². The van der Waals surface area contributed by atoms with Crippen molar-refractivity contribution in [1.29, 1.82) is 10.5 Å². The smallest absolute Gasteiger partial charge is 0.405 e. The highest BCUT2D eigenvalue weighted by Gasteiger charge is 2.41. The molecule has 0 unspecified atom stereocenters. The summed E-state index contributed by atoms with van der Waals surface area (Å²) in [4.78, 5) is 0. The summed E-state index contributed by atoms with van der Waals surface area (Å²) in [6, 6.07) is 5.13. The normalized spacial score (nSPS) is 13.1. The van der Waals surface area contributed by atoms with E-state index in [1.165, 1.54) is 12.1 Å². The molecule has 0 aliphatic rings. The standard InChI is InChI=1S/C34H14F18N2O2/c35-29(36,37)20-5-17(6-21(11-20)30(38,39)40)24-3-1-15(9-26(24)55-33(47,48)49)28(19(13-53)14-54)16-2-4-25(27(10-16)56-34(50,51)52)18-7-22(31(41,42)43)12-23(8-18)32(44,45)46/h1-12,19,28H. The Kier molecular flexibility index (Phi) is 11.3. The van der Waals surface area contributed by atoms with Gasteiger partial charge in [-0.15, -0.1) is 26.3 Å². The lowest BCUT2D eigenvalue weighted by atomic mass is 9.80. The fourth-order valence-corrected chi connectivity index (χ4v) is 5.34. The van der Waals surface area contributed by atoms with E-state index in [0.29, 0.717) is 36.4 Å². The molecule has 0 N–H and O–H groups in total. The van der Waals surface area contributed by atoms with Crippen LogP contribution in [0.15, 0.2) is 72.8 Å². The van der Waals surface area contributed by atoms with E-state index in [0.717, 1.165) is 0 Å². The summed E-state index contributed by atoms with van der Waals surface area (Å²) in [5, 5.41) is 19.4. The van der Waals surface area contributed by atoms with Gasteiger partial charge in [-0.25, -0.2) is 0 Å². The fourth-order valence-electron chi connectivity index (χ4n) is 5.34. The molecular formula is C34H14F18N2O2. The highest BCUT2D eigenvalue weighted by molar-refractivity contribution is 5.75. The van der Waals surface area contributed by atoms with Crippen molar-refractivity contribution in [2.45, 2.75) is 43.3 Å². The maximum absolute atomic E-state index is 13.6. The van der Waals surface area contributed by atoms with Crippen molar-refractivity contribution in [1.82, 2.24) is 0 Å². The summed E-state index contributed by atoms with van der Waals surface area (Å²) in [7, 11) is 0. The topological polar surface area (TPSA) is 66.0 Å². The van der Waals surface area contributed by atoms with E-state index in [4.69, 9.17) is 0 Å². The first-order chi connectivity index (χ1) is 25.4. The molecule has 4 aromatic carbocycles. The van der Waals surface area contributed by atoms with Gasteiger partial charge in [0.15, 0.2) is 0 Å². The van der Waals surface area contributed by atoms with Gasteiger partial charge >= 0.3 is 37.4 Å². The molecule has 0 saturated heterocycles. The molecule has 0 atom stereocenters. The predicted molar refractivity (Wildman–Crippen MR) is 154 cm³/mol. The zero-order chi connectivity index (χ0) is 42.4. The fraction of sp³-hybridized carbons (Fsp3) is 0.235. The van der Waals surface area contributed by atoms with E-state index < -0.39 is 116 Å². The van der Waals surface area contributed by atoms with Crippen LogP contribution >= 0.6 is 0 Å². The number of hydrogen-bond acceptors (Lipinski definition) is 4. The second-order valence-electron chi connectivity index (χ2n) is 11.4. The Morgan fingerprint density at radius 2 is 0.696 bits per heavy atom. The molecule has 0 radical (unpaired) electrons. The van der Waals surface area contributed by atoms with Crippen LogP contribution in [0.1, 0.15) is 39.3 Å². The molecule has 298 valence electrons. The van der Waals surface area contributed by atoms with Crippen molar-refractivity contribution in [2.75, 3.05) is 0 Å². The van der Waals surface area contributed by atoms with Gasteiger partial charge in [0.1, 0.15) is 17.4 Å². The van der Waals surface area contributed by atoms with Gasteiger partial charge in [0.2, 0.25) is 0 Å². The van der Waals surface area contributed by atoms with Crippen molar-refractivity contribution in [3.8, 4) is 45.9 Å². The number of ether oxygens (including phenoxy) is 2. The van der Waals surface area contributed by atoms with Crippen LogP contribution < -0.4 is 9.47 Å². The molecule has 0 spiro atoms. The van der Waals surface area contributed by atoms with Crippen molar-refractivity contribution in [2.24, 2.45) is 5.92 Å². The van der Waals surface area contributed by atoms with Gasteiger partial charge in [-0.3, -0.25) is 0 Å².